The lowest BCUT2D eigenvalue weighted by Gasteiger charge is -2.09. The van der Waals surface area contributed by atoms with E-state index in [1.54, 1.807) is 18.2 Å². The molecule has 2 N–H and O–H groups in total. The summed E-state index contributed by atoms with van der Waals surface area (Å²) in [5.41, 5.74) is 8.18. The van der Waals surface area contributed by atoms with E-state index in [9.17, 15) is 4.39 Å². The summed E-state index contributed by atoms with van der Waals surface area (Å²) >= 11 is 6.07. The molecule has 0 saturated heterocycles. The molecule has 5 heteroatoms. The van der Waals surface area contributed by atoms with Crippen LogP contribution < -0.4 is 5.73 Å². The van der Waals surface area contributed by atoms with Gasteiger partial charge in [0, 0.05) is 17.3 Å². The highest BCUT2D eigenvalue weighted by Gasteiger charge is 2.15. The maximum atomic E-state index is 14.2. The van der Waals surface area contributed by atoms with Gasteiger partial charge in [0.15, 0.2) is 0 Å². The summed E-state index contributed by atoms with van der Waals surface area (Å²) in [6, 6.07) is 10.2. The lowest BCUT2D eigenvalue weighted by Crippen LogP contribution is -2.01. The number of anilines is 1. The number of aryl methyl sites for hydroxylation is 1. The van der Waals surface area contributed by atoms with Crippen molar-refractivity contribution in [2.24, 2.45) is 0 Å². The number of nitrogens with two attached hydrogens (primary N) is 1. The molecule has 21 heavy (non-hydrogen) atoms. The van der Waals surface area contributed by atoms with E-state index in [0.29, 0.717) is 22.1 Å². The third-order valence-electron chi connectivity index (χ3n) is 3.39. The summed E-state index contributed by atoms with van der Waals surface area (Å²) in [5, 5.41) is 0.643. The fourth-order valence-electron chi connectivity index (χ4n) is 2.46. The van der Waals surface area contributed by atoms with Crippen LogP contribution in [-0.4, -0.2) is 9.55 Å². The number of imidazole rings is 1. The average Bonchev–Trinajstić information content (AvgIpc) is 2.78. The molecule has 0 radical (unpaired) electrons. The van der Waals surface area contributed by atoms with Crippen molar-refractivity contribution in [3.8, 4) is 11.4 Å². The van der Waals surface area contributed by atoms with Crippen LogP contribution >= 0.6 is 11.6 Å². The first-order valence-corrected chi connectivity index (χ1v) is 7.19. The maximum Gasteiger partial charge on any atom is 0.144 e. The molecule has 0 spiro atoms. The summed E-state index contributed by atoms with van der Waals surface area (Å²) < 4.78 is 16.2. The molecular formula is C16H15ClFN3. The molecule has 108 valence electrons. The molecule has 2 aromatic carbocycles. The first kappa shape index (κ1) is 13.9. The number of rotatable bonds is 3. The maximum absolute atomic E-state index is 14.2. The van der Waals surface area contributed by atoms with Crippen molar-refractivity contribution < 1.29 is 4.39 Å². The lowest BCUT2D eigenvalue weighted by atomic mass is 10.2. The second-order valence-electron chi connectivity index (χ2n) is 4.96. The van der Waals surface area contributed by atoms with Crippen molar-refractivity contribution in [3.63, 3.8) is 0 Å². The van der Waals surface area contributed by atoms with E-state index in [1.807, 2.05) is 16.7 Å². The summed E-state index contributed by atoms with van der Waals surface area (Å²) in [6.07, 6.45) is 0.918. The zero-order valence-electron chi connectivity index (χ0n) is 11.6. The zero-order chi connectivity index (χ0) is 15.0. The van der Waals surface area contributed by atoms with Gasteiger partial charge in [-0.25, -0.2) is 9.37 Å². The second-order valence-corrected chi connectivity index (χ2v) is 5.40. The molecule has 0 unspecified atom stereocenters. The first-order valence-electron chi connectivity index (χ1n) is 6.81. The Morgan fingerprint density at radius 2 is 2.05 bits per heavy atom. The second kappa shape index (κ2) is 5.37. The van der Waals surface area contributed by atoms with Crippen molar-refractivity contribution in [2.75, 3.05) is 5.73 Å². The van der Waals surface area contributed by atoms with Gasteiger partial charge >= 0.3 is 0 Å². The predicted octanol–water partition coefficient (Wildman–Crippen LogP) is 4.49. The smallest absolute Gasteiger partial charge is 0.144 e. The van der Waals surface area contributed by atoms with Crippen LogP contribution in [0.1, 0.15) is 13.3 Å². The van der Waals surface area contributed by atoms with E-state index >= 15 is 0 Å². The lowest BCUT2D eigenvalue weighted by molar-refractivity contribution is 0.626. The fourth-order valence-corrected chi connectivity index (χ4v) is 2.63. The van der Waals surface area contributed by atoms with Gasteiger partial charge in [0.2, 0.25) is 0 Å². The van der Waals surface area contributed by atoms with Crippen LogP contribution in [0.3, 0.4) is 0 Å². The minimum absolute atomic E-state index is 0.367. The van der Waals surface area contributed by atoms with Gasteiger partial charge in [0.05, 0.1) is 16.6 Å². The Morgan fingerprint density at radius 1 is 1.24 bits per heavy atom. The van der Waals surface area contributed by atoms with Crippen LogP contribution in [0, 0.1) is 5.82 Å². The summed E-state index contributed by atoms with van der Waals surface area (Å²) in [5.74, 6) is 0.236. The van der Waals surface area contributed by atoms with Crippen molar-refractivity contribution in [1.82, 2.24) is 9.55 Å². The molecule has 0 aliphatic rings. The molecule has 0 atom stereocenters. The van der Waals surface area contributed by atoms with Crippen LogP contribution in [0.5, 0.6) is 0 Å². The van der Waals surface area contributed by atoms with Crippen molar-refractivity contribution in [3.05, 3.63) is 47.2 Å². The van der Waals surface area contributed by atoms with Crippen molar-refractivity contribution in [2.45, 2.75) is 19.9 Å². The molecule has 0 bridgehead atoms. The van der Waals surface area contributed by atoms with Crippen LogP contribution in [0.4, 0.5) is 10.1 Å². The first-order chi connectivity index (χ1) is 10.1. The number of halogens is 2. The van der Waals surface area contributed by atoms with Gasteiger partial charge in [-0.1, -0.05) is 18.5 Å². The van der Waals surface area contributed by atoms with E-state index in [1.165, 1.54) is 6.07 Å². The largest absolute Gasteiger partial charge is 0.399 e. The molecule has 0 amide bonds. The van der Waals surface area contributed by atoms with Crippen molar-refractivity contribution in [1.29, 1.82) is 0 Å². The van der Waals surface area contributed by atoms with E-state index in [0.717, 1.165) is 24.0 Å². The molecule has 0 saturated carbocycles. The topological polar surface area (TPSA) is 43.8 Å². The Labute approximate surface area is 127 Å². The van der Waals surface area contributed by atoms with Gasteiger partial charge in [-0.2, -0.15) is 0 Å². The summed E-state index contributed by atoms with van der Waals surface area (Å²) in [7, 11) is 0. The highest BCUT2D eigenvalue weighted by molar-refractivity contribution is 6.31. The summed E-state index contributed by atoms with van der Waals surface area (Å²) in [4.78, 5) is 4.56. The molecule has 3 rings (SSSR count). The number of hydrogen-bond acceptors (Lipinski definition) is 2. The van der Waals surface area contributed by atoms with Crippen LogP contribution in [0.25, 0.3) is 22.4 Å². The third kappa shape index (κ3) is 2.47. The zero-order valence-corrected chi connectivity index (χ0v) is 12.4. The minimum Gasteiger partial charge on any atom is -0.399 e. The van der Waals surface area contributed by atoms with Gasteiger partial charge in [-0.05, 0) is 42.8 Å². The fraction of sp³-hybridized carbons (Fsp3) is 0.188. The highest BCUT2D eigenvalue weighted by atomic mass is 35.5. The Bertz CT molecular complexity index is 811. The Hall–Kier alpha value is -2.07. The Kier molecular flexibility index (Phi) is 3.55. The number of hydrogen-bond donors (Lipinski definition) is 1. The third-order valence-corrected chi connectivity index (χ3v) is 3.63. The van der Waals surface area contributed by atoms with E-state index < -0.39 is 0 Å². The average molecular weight is 304 g/mol. The normalized spacial score (nSPS) is 11.2. The minimum atomic E-state index is -0.367. The van der Waals surface area contributed by atoms with E-state index in [2.05, 4.69) is 11.9 Å². The van der Waals surface area contributed by atoms with Gasteiger partial charge in [0.25, 0.3) is 0 Å². The number of fused-ring (bicyclic) bond motifs is 1. The van der Waals surface area contributed by atoms with Crippen LogP contribution in [0.15, 0.2) is 36.4 Å². The van der Waals surface area contributed by atoms with E-state index in [4.69, 9.17) is 17.3 Å². The number of nitrogen functional groups attached to an aromatic ring is 1. The molecule has 3 aromatic rings. The molecule has 1 heterocycles. The molecule has 3 nitrogen and oxygen atoms in total. The molecule has 0 aliphatic carbocycles. The highest BCUT2D eigenvalue weighted by Crippen LogP contribution is 2.29. The van der Waals surface area contributed by atoms with Gasteiger partial charge in [-0.3, -0.25) is 0 Å². The molecular weight excluding hydrogens is 289 g/mol. The van der Waals surface area contributed by atoms with Crippen LogP contribution in [0.2, 0.25) is 5.02 Å². The van der Waals surface area contributed by atoms with Gasteiger partial charge < -0.3 is 10.3 Å². The predicted molar refractivity (Wildman–Crippen MR) is 84.8 cm³/mol. The van der Waals surface area contributed by atoms with Gasteiger partial charge in [-0.15, -0.1) is 0 Å². The quantitative estimate of drug-likeness (QED) is 0.725. The number of aromatic nitrogens is 2. The SMILES string of the molecule is CCCn1c(-c2ccc(N)cc2F)nc2ccc(Cl)cc21. The van der Waals surface area contributed by atoms with E-state index in [-0.39, 0.29) is 5.82 Å². The Morgan fingerprint density at radius 3 is 2.76 bits per heavy atom. The molecule has 0 fully saturated rings. The van der Waals surface area contributed by atoms with Crippen molar-refractivity contribution >= 4 is 28.3 Å². The number of benzene rings is 2. The Balaban J connectivity index is 2.28. The molecule has 1 aromatic heterocycles. The number of nitrogens with zero attached hydrogens (tertiary/aromatic N) is 2. The standard InChI is InChI=1S/C16H15ClFN3/c1-2-7-21-15-8-10(17)3-6-14(15)20-16(21)12-5-4-11(19)9-13(12)18/h3-6,8-9H,2,7,19H2,1H3. The van der Waals surface area contributed by atoms with Gasteiger partial charge in [0.1, 0.15) is 11.6 Å². The van der Waals surface area contributed by atoms with Crippen LogP contribution in [-0.2, 0) is 6.54 Å². The monoisotopic (exact) mass is 303 g/mol. The molecule has 0 aliphatic heterocycles. The summed E-state index contributed by atoms with van der Waals surface area (Å²) in [6.45, 7) is 2.81.